The van der Waals surface area contributed by atoms with E-state index in [1.54, 1.807) is 6.20 Å². The largest absolute Gasteiger partial charge is 0.360 e. The van der Waals surface area contributed by atoms with E-state index in [1.807, 2.05) is 61.5 Å². The van der Waals surface area contributed by atoms with Gasteiger partial charge in [0.15, 0.2) is 0 Å². The number of hydrogen-bond acceptors (Lipinski definition) is 2. The van der Waals surface area contributed by atoms with E-state index >= 15 is 0 Å². The fourth-order valence-corrected chi connectivity index (χ4v) is 2.33. The molecule has 0 bridgehead atoms. The number of amides is 1. The smallest absolute Gasteiger partial charge is 0.267 e. The zero-order chi connectivity index (χ0) is 14.7. The average molecular weight is 279 g/mol. The summed E-state index contributed by atoms with van der Waals surface area (Å²) in [6.45, 7) is 2.00. The number of hydrazine groups is 1. The predicted octanol–water partition coefficient (Wildman–Crippen LogP) is 3.16. The molecule has 0 spiro atoms. The molecule has 0 saturated heterocycles. The molecule has 3 N–H and O–H groups in total. The molecule has 1 heterocycles. The highest BCUT2D eigenvalue weighted by Crippen LogP contribution is 2.17. The Bertz CT molecular complexity index is 749. The number of para-hydroxylation sites is 1. The number of aromatic nitrogens is 1. The van der Waals surface area contributed by atoms with Crippen molar-refractivity contribution in [2.24, 2.45) is 0 Å². The first-order valence-corrected chi connectivity index (χ1v) is 6.92. The van der Waals surface area contributed by atoms with Crippen LogP contribution >= 0.6 is 0 Å². The Morgan fingerprint density at radius 1 is 1.05 bits per heavy atom. The zero-order valence-electron chi connectivity index (χ0n) is 11.8. The maximum absolute atomic E-state index is 12.3. The van der Waals surface area contributed by atoms with Crippen LogP contribution in [0.5, 0.6) is 0 Å². The Kier molecular flexibility index (Phi) is 3.71. The van der Waals surface area contributed by atoms with Crippen molar-refractivity contribution in [3.8, 4) is 0 Å². The summed E-state index contributed by atoms with van der Waals surface area (Å²) in [4.78, 5) is 15.4. The van der Waals surface area contributed by atoms with Gasteiger partial charge >= 0.3 is 0 Å². The van der Waals surface area contributed by atoms with Gasteiger partial charge in [-0.15, -0.1) is 0 Å². The molecule has 0 fully saturated rings. The van der Waals surface area contributed by atoms with E-state index < -0.39 is 0 Å². The topological polar surface area (TPSA) is 56.9 Å². The van der Waals surface area contributed by atoms with E-state index in [-0.39, 0.29) is 11.9 Å². The second-order valence-electron chi connectivity index (χ2n) is 4.98. The summed E-state index contributed by atoms with van der Waals surface area (Å²) in [5.74, 6) is -0.143. The van der Waals surface area contributed by atoms with Crippen molar-refractivity contribution in [3.05, 3.63) is 71.9 Å². The molecule has 0 radical (unpaired) electrons. The molecule has 3 rings (SSSR count). The fraction of sp³-hybridized carbons (Fsp3) is 0.118. The van der Waals surface area contributed by atoms with Crippen LogP contribution in [-0.2, 0) is 0 Å². The van der Waals surface area contributed by atoms with E-state index in [0.717, 1.165) is 16.5 Å². The molecule has 0 aliphatic carbocycles. The number of H-pyrrole nitrogens is 1. The lowest BCUT2D eigenvalue weighted by Crippen LogP contribution is -2.38. The van der Waals surface area contributed by atoms with Crippen molar-refractivity contribution in [2.45, 2.75) is 13.0 Å². The van der Waals surface area contributed by atoms with Crippen LogP contribution in [0.2, 0.25) is 0 Å². The highest BCUT2D eigenvalue weighted by molar-refractivity contribution is 6.06. The molecule has 0 aliphatic heterocycles. The molecule has 3 aromatic rings. The number of carbonyl (C=O) groups excluding carboxylic acids is 1. The molecule has 1 amide bonds. The van der Waals surface area contributed by atoms with Gasteiger partial charge in [0.2, 0.25) is 0 Å². The molecule has 1 aromatic heterocycles. The van der Waals surface area contributed by atoms with E-state index in [1.165, 1.54) is 0 Å². The summed E-state index contributed by atoms with van der Waals surface area (Å²) in [6.07, 6.45) is 1.73. The molecule has 106 valence electrons. The van der Waals surface area contributed by atoms with Gasteiger partial charge in [0.05, 0.1) is 5.56 Å². The zero-order valence-corrected chi connectivity index (χ0v) is 11.8. The van der Waals surface area contributed by atoms with Gasteiger partial charge in [-0.3, -0.25) is 10.2 Å². The first-order chi connectivity index (χ1) is 10.3. The molecule has 4 nitrogen and oxygen atoms in total. The Morgan fingerprint density at radius 2 is 1.76 bits per heavy atom. The van der Waals surface area contributed by atoms with Crippen molar-refractivity contribution in [1.29, 1.82) is 0 Å². The van der Waals surface area contributed by atoms with Gasteiger partial charge in [-0.25, -0.2) is 5.43 Å². The molecule has 0 saturated carbocycles. The highest BCUT2D eigenvalue weighted by atomic mass is 16.2. The standard InChI is InChI=1S/C17H17N3O/c1-12(13-7-3-2-4-8-13)19-20-17(21)15-11-18-16-10-6-5-9-14(15)16/h2-12,18-19H,1H3,(H,20,21). The van der Waals surface area contributed by atoms with Crippen LogP contribution in [0.1, 0.15) is 28.9 Å². The molecule has 1 atom stereocenters. The molecule has 2 aromatic carbocycles. The first kappa shape index (κ1) is 13.4. The van der Waals surface area contributed by atoms with Crippen molar-refractivity contribution in [2.75, 3.05) is 0 Å². The summed E-state index contributed by atoms with van der Waals surface area (Å²) in [5.41, 5.74) is 8.52. The van der Waals surface area contributed by atoms with Gasteiger partial charge in [0, 0.05) is 23.1 Å². The third-order valence-electron chi connectivity index (χ3n) is 3.54. The molecular weight excluding hydrogens is 262 g/mol. The third kappa shape index (κ3) is 2.80. The fourth-order valence-electron chi connectivity index (χ4n) is 2.33. The van der Waals surface area contributed by atoms with Crippen molar-refractivity contribution < 1.29 is 4.79 Å². The molecule has 21 heavy (non-hydrogen) atoms. The molecular formula is C17H17N3O. The van der Waals surface area contributed by atoms with E-state index in [9.17, 15) is 4.79 Å². The van der Waals surface area contributed by atoms with Gasteiger partial charge in [-0.1, -0.05) is 48.5 Å². The second kappa shape index (κ2) is 5.81. The average Bonchev–Trinajstić information content (AvgIpc) is 2.97. The summed E-state index contributed by atoms with van der Waals surface area (Å²) in [6, 6.07) is 17.8. The number of benzene rings is 2. The van der Waals surface area contributed by atoms with Gasteiger partial charge in [-0.2, -0.15) is 0 Å². The molecule has 0 aliphatic rings. The van der Waals surface area contributed by atoms with Crippen LogP contribution < -0.4 is 10.9 Å². The summed E-state index contributed by atoms with van der Waals surface area (Å²) < 4.78 is 0. The summed E-state index contributed by atoms with van der Waals surface area (Å²) >= 11 is 0. The Balaban J connectivity index is 1.70. The highest BCUT2D eigenvalue weighted by Gasteiger charge is 2.12. The Hall–Kier alpha value is -2.59. The van der Waals surface area contributed by atoms with Gasteiger partial charge in [-0.05, 0) is 18.6 Å². The van der Waals surface area contributed by atoms with Gasteiger partial charge < -0.3 is 4.98 Å². The first-order valence-electron chi connectivity index (χ1n) is 6.92. The van der Waals surface area contributed by atoms with Crippen LogP contribution in [0.4, 0.5) is 0 Å². The monoisotopic (exact) mass is 279 g/mol. The lowest BCUT2D eigenvalue weighted by atomic mass is 10.1. The van der Waals surface area contributed by atoms with E-state index in [2.05, 4.69) is 15.8 Å². The Labute approximate surface area is 123 Å². The third-order valence-corrected chi connectivity index (χ3v) is 3.54. The Morgan fingerprint density at radius 3 is 2.57 bits per heavy atom. The van der Waals surface area contributed by atoms with Gasteiger partial charge in [0.25, 0.3) is 5.91 Å². The van der Waals surface area contributed by atoms with E-state index in [0.29, 0.717) is 5.56 Å². The predicted molar refractivity (Wildman–Crippen MR) is 83.8 cm³/mol. The maximum Gasteiger partial charge on any atom is 0.267 e. The lowest BCUT2D eigenvalue weighted by Gasteiger charge is -2.14. The normalized spacial score (nSPS) is 12.2. The van der Waals surface area contributed by atoms with Crippen molar-refractivity contribution >= 4 is 16.8 Å². The number of rotatable bonds is 4. The van der Waals surface area contributed by atoms with Crippen molar-refractivity contribution in [1.82, 2.24) is 15.8 Å². The summed E-state index contributed by atoms with van der Waals surface area (Å²) in [7, 11) is 0. The number of nitrogens with one attached hydrogen (secondary N) is 3. The molecule has 1 unspecified atom stereocenters. The maximum atomic E-state index is 12.3. The van der Waals surface area contributed by atoms with Crippen molar-refractivity contribution in [3.63, 3.8) is 0 Å². The van der Waals surface area contributed by atoms with Gasteiger partial charge in [0.1, 0.15) is 0 Å². The molecule has 4 heteroatoms. The quantitative estimate of drug-likeness (QED) is 0.642. The minimum absolute atomic E-state index is 0.0420. The number of fused-ring (bicyclic) bond motifs is 1. The minimum Gasteiger partial charge on any atom is -0.360 e. The van der Waals surface area contributed by atoms with Crippen LogP contribution in [0.25, 0.3) is 10.9 Å². The van der Waals surface area contributed by atoms with Crippen LogP contribution in [0.15, 0.2) is 60.8 Å². The minimum atomic E-state index is -0.143. The SMILES string of the molecule is CC(NNC(=O)c1c[nH]c2ccccc12)c1ccccc1. The van der Waals surface area contributed by atoms with Crippen LogP contribution in [0, 0.1) is 0 Å². The number of hydrogen-bond donors (Lipinski definition) is 3. The van der Waals surface area contributed by atoms with Crippen LogP contribution in [-0.4, -0.2) is 10.9 Å². The number of carbonyl (C=O) groups is 1. The summed E-state index contributed by atoms with van der Waals surface area (Å²) in [5, 5.41) is 0.921. The van der Waals surface area contributed by atoms with Crippen LogP contribution in [0.3, 0.4) is 0 Å². The van der Waals surface area contributed by atoms with E-state index in [4.69, 9.17) is 0 Å². The lowest BCUT2D eigenvalue weighted by molar-refractivity contribution is 0.0928. The number of aromatic amines is 1. The second-order valence-corrected chi connectivity index (χ2v) is 4.98.